The van der Waals surface area contributed by atoms with Crippen LogP contribution in [0.25, 0.3) is 11.4 Å². The molecule has 1 aliphatic heterocycles. The van der Waals surface area contributed by atoms with Crippen molar-refractivity contribution in [2.24, 2.45) is 0 Å². The van der Waals surface area contributed by atoms with Crippen molar-refractivity contribution in [2.75, 3.05) is 20.2 Å². The molecule has 0 amide bonds. The minimum Gasteiger partial charge on any atom is -0.497 e. The maximum atomic E-state index is 13.0. The van der Waals surface area contributed by atoms with Crippen LogP contribution in [0, 0.1) is 10.1 Å². The first kappa shape index (κ1) is 20.9. The van der Waals surface area contributed by atoms with Crippen molar-refractivity contribution in [1.82, 2.24) is 14.4 Å². The van der Waals surface area contributed by atoms with Crippen molar-refractivity contribution in [3.63, 3.8) is 0 Å². The van der Waals surface area contributed by atoms with E-state index in [1.807, 2.05) is 18.2 Å². The van der Waals surface area contributed by atoms with Crippen LogP contribution in [-0.4, -0.2) is 48.0 Å². The van der Waals surface area contributed by atoms with Crippen LogP contribution in [0.1, 0.15) is 24.7 Å². The lowest BCUT2D eigenvalue weighted by atomic mass is 10.00. The monoisotopic (exact) mass is 444 g/mol. The molecule has 31 heavy (non-hydrogen) atoms. The fourth-order valence-electron chi connectivity index (χ4n) is 3.53. The van der Waals surface area contributed by atoms with Gasteiger partial charge < -0.3 is 9.26 Å². The summed E-state index contributed by atoms with van der Waals surface area (Å²) < 4.78 is 38.1. The van der Waals surface area contributed by atoms with E-state index in [0.29, 0.717) is 36.9 Å². The number of hydrogen-bond acceptors (Lipinski definition) is 8. The second-order valence-electron chi connectivity index (χ2n) is 7.14. The van der Waals surface area contributed by atoms with E-state index in [1.165, 1.54) is 28.6 Å². The highest BCUT2D eigenvalue weighted by molar-refractivity contribution is 7.89. The first-order valence-corrected chi connectivity index (χ1v) is 11.0. The van der Waals surface area contributed by atoms with E-state index in [9.17, 15) is 18.5 Å². The number of rotatable bonds is 6. The number of hydrogen-bond donors (Lipinski definition) is 0. The molecule has 2 heterocycles. The lowest BCUT2D eigenvalue weighted by molar-refractivity contribution is -0.384. The number of nitro benzene ring substituents is 1. The average Bonchev–Trinajstić information content (AvgIpc) is 3.30. The molecule has 0 saturated carbocycles. The molecule has 1 atom stereocenters. The molecule has 0 N–H and O–H groups in total. The molecule has 4 rings (SSSR count). The number of methoxy groups -OCH3 is 1. The molecule has 0 aliphatic carbocycles. The van der Waals surface area contributed by atoms with Crippen LogP contribution in [0.4, 0.5) is 5.69 Å². The van der Waals surface area contributed by atoms with Gasteiger partial charge in [-0.2, -0.15) is 9.29 Å². The quantitative estimate of drug-likeness (QED) is 0.419. The maximum Gasteiger partial charge on any atom is 0.269 e. The Labute approximate surface area is 178 Å². The normalized spacial score (nSPS) is 17.4. The Morgan fingerprint density at radius 2 is 2.00 bits per heavy atom. The molecular formula is C20H20N4O6S. The predicted molar refractivity (Wildman–Crippen MR) is 110 cm³/mol. The van der Waals surface area contributed by atoms with E-state index in [2.05, 4.69) is 10.1 Å². The Kier molecular flexibility index (Phi) is 5.70. The van der Waals surface area contributed by atoms with Crippen molar-refractivity contribution >= 4 is 15.7 Å². The number of non-ortho nitro benzene ring substituents is 1. The second kappa shape index (κ2) is 8.44. The fraction of sp³-hybridized carbons (Fsp3) is 0.300. The molecule has 1 saturated heterocycles. The fourth-order valence-corrected chi connectivity index (χ4v) is 5.06. The molecule has 0 unspecified atom stereocenters. The van der Waals surface area contributed by atoms with Gasteiger partial charge in [-0.05, 0) is 37.1 Å². The Bertz CT molecular complexity index is 1190. The Morgan fingerprint density at radius 3 is 2.71 bits per heavy atom. The van der Waals surface area contributed by atoms with Crippen molar-refractivity contribution < 1.29 is 22.6 Å². The van der Waals surface area contributed by atoms with Crippen LogP contribution in [0.15, 0.2) is 57.9 Å². The third kappa shape index (κ3) is 4.28. The van der Waals surface area contributed by atoms with Gasteiger partial charge in [-0.15, -0.1) is 0 Å². The molecule has 0 radical (unpaired) electrons. The highest BCUT2D eigenvalue weighted by atomic mass is 32.2. The summed E-state index contributed by atoms with van der Waals surface area (Å²) in [6, 6.07) is 12.1. The third-order valence-electron chi connectivity index (χ3n) is 5.19. The van der Waals surface area contributed by atoms with Crippen molar-refractivity contribution in [1.29, 1.82) is 0 Å². The van der Waals surface area contributed by atoms with Gasteiger partial charge in [-0.3, -0.25) is 10.1 Å². The van der Waals surface area contributed by atoms with Gasteiger partial charge in [0.1, 0.15) is 5.75 Å². The van der Waals surface area contributed by atoms with Crippen LogP contribution in [0.3, 0.4) is 0 Å². The zero-order valence-electron chi connectivity index (χ0n) is 16.7. The smallest absolute Gasteiger partial charge is 0.269 e. The number of nitrogens with zero attached hydrogens (tertiary/aromatic N) is 4. The maximum absolute atomic E-state index is 13.0. The van der Waals surface area contributed by atoms with Gasteiger partial charge >= 0.3 is 0 Å². The zero-order valence-corrected chi connectivity index (χ0v) is 17.5. The van der Waals surface area contributed by atoms with E-state index in [4.69, 9.17) is 9.26 Å². The van der Waals surface area contributed by atoms with Crippen molar-refractivity contribution in [2.45, 2.75) is 23.7 Å². The molecule has 1 aliphatic rings. The predicted octanol–water partition coefficient (Wildman–Crippen LogP) is 3.22. The van der Waals surface area contributed by atoms with Gasteiger partial charge in [0, 0.05) is 30.8 Å². The van der Waals surface area contributed by atoms with Crippen molar-refractivity contribution in [3.8, 4) is 17.1 Å². The highest BCUT2D eigenvalue weighted by Crippen LogP contribution is 2.31. The molecular weight excluding hydrogens is 424 g/mol. The summed E-state index contributed by atoms with van der Waals surface area (Å²) in [5, 5.41) is 14.9. The van der Waals surface area contributed by atoms with E-state index in [-0.39, 0.29) is 23.0 Å². The molecule has 0 spiro atoms. The highest BCUT2D eigenvalue weighted by Gasteiger charge is 2.33. The molecule has 1 aromatic heterocycles. The van der Waals surface area contributed by atoms with Crippen LogP contribution < -0.4 is 4.74 Å². The number of ether oxygens (including phenoxy) is 1. The largest absolute Gasteiger partial charge is 0.497 e. The standard InChI is InChI=1S/C20H20N4O6S/c1-29-17-6-2-4-14(12-17)19-21-20(30-22-19)15-5-3-11-23(13-15)31(27,28)18-9-7-16(8-10-18)24(25)26/h2,4,6-10,12,15H,3,5,11,13H2,1H3/t15-/m0/s1. The van der Waals surface area contributed by atoms with Crippen LogP contribution in [0.2, 0.25) is 0 Å². The molecule has 2 aromatic carbocycles. The van der Waals surface area contributed by atoms with Gasteiger partial charge in [-0.1, -0.05) is 17.3 Å². The zero-order chi connectivity index (χ0) is 22.0. The number of aromatic nitrogens is 2. The van der Waals surface area contributed by atoms with E-state index in [0.717, 1.165) is 5.56 Å². The Morgan fingerprint density at radius 1 is 1.23 bits per heavy atom. The summed E-state index contributed by atoms with van der Waals surface area (Å²) in [5.74, 6) is 1.21. The van der Waals surface area contributed by atoms with Crippen LogP contribution in [-0.2, 0) is 10.0 Å². The van der Waals surface area contributed by atoms with Crippen LogP contribution in [0.5, 0.6) is 5.75 Å². The summed E-state index contributed by atoms with van der Waals surface area (Å²) in [7, 11) is -2.22. The van der Waals surface area contributed by atoms with E-state index in [1.54, 1.807) is 13.2 Å². The van der Waals surface area contributed by atoms with Crippen LogP contribution >= 0.6 is 0 Å². The Hall–Kier alpha value is -3.31. The summed E-state index contributed by atoms with van der Waals surface area (Å²) in [6.07, 6.45) is 1.35. The summed E-state index contributed by atoms with van der Waals surface area (Å²) in [6.45, 7) is 0.547. The topological polar surface area (TPSA) is 129 Å². The van der Waals surface area contributed by atoms with Gasteiger partial charge in [-0.25, -0.2) is 8.42 Å². The minimum absolute atomic E-state index is 0.0151. The molecule has 1 fully saturated rings. The molecule has 10 nitrogen and oxygen atoms in total. The van der Waals surface area contributed by atoms with Gasteiger partial charge in [0.25, 0.3) is 5.69 Å². The first-order valence-electron chi connectivity index (χ1n) is 9.61. The number of nitro groups is 1. The first-order chi connectivity index (χ1) is 14.9. The molecule has 0 bridgehead atoms. The minimum atomic E-state index is -3.80. The third-order valence-corrected chi connectivity index (χ3v) is 7.07. The van der Waals surface area contributed by atoms with Gasteiger partial charge in [0.05, 0.1) is 22.8 Å². The SMILES string of the molecule is COc1cccc(-c2noc([C@H]3CCCN(S(=O)(=O)c4ccc([N+](=O)[O-])cc4)C3)n2)c1. The van der Waals surface area contributed by atoms with E-state index >= 15 is 0 Å². The lowest BCUT2D eigenvalue weighted by Gasteiger charge is -2.30. The average molecular weight is 444 g/mol. The summed E-state index contributed by atoms with van der Waals surface area (Å²) in [4.78, 5) is 14.7. The summed E-state index contributed by atoms with van der Waals surface area (Å²) >= 11 is 0. The Balaban J connectivity index is 1.53. The van der Waals surface area contributed by atoms with E-state index < -0.39 is 14.9 Å². The lowest BCUT2D eigenvalue weighted by Crippen LogP contribution is -2.39. The van der Waals surface area contributed by atoms with Gasteiger partial charge in [0.15, 0.2) is 0 Å². The second-order valence-corrected chi connectivity index (χ2v) is 9.08. The summed E-state index contributed by atoms with van der Waals surface area (Å²) in [5.41, 5.74) is 0.576. The number of piperidine rings is 1. The van der Waals surface area contributed by atoms with Gasteiger partial charge in [0.2, 0.25) is 21.7 Å². The molecule has 3 aromatic rings. The van der Waals surface area contributed by atoms with Crippen molar-refractivity contribution in [3.05, 3.63) is 64.5 Å². The molecule has 162 valence electrons. The molecule has 11 heteroatoms. The number of sulfonamides is 1. The number of benzene rings is 2.